The summed E-state index contributed by atoms with van der Waals surface area (Å²) >= 11 is 0. The second-order valence-electron chi connectivity index (χ2n) is 2.70. The number of ether oxygens (including phenoxy) is 1. The van der Waals surface area contributed by atoms with Gasteiger partial charge in [-0.2, -0.15) is 0 Å². The zero-order chi connectivity index (χ0) is 10.6. The van der Waals surface area contributed by atoms with E-state index >= 15 is 0 Å². The SMILES string of the molecule is C=C(C)C(=O)OC(C)S(=O)(=O)CC. The molecule has 0 amide bonds. The van der Waals surface area contributed by atoms with Gasteiger partial charge in [-0.05, 0) is 13.8 Å². The van der Waals surface area contributed by atoms with Crippen molar-refractivity contribution in [3.63, 3.8) is 0 Å². The quantitative estimate of drug-likeness (QED) is 0.506. The summed E-state index contributed by atoms with van der Waals surface area (Å²) in [6.45, 7) is 7.65. The van der Waals surface area contributed by atoms with Crippen molar-refractivity contribution < 1.29 is 17.9 Å². The Balaban J connectivity index is 4.41. The molecule has 0 fully saturated rings. The van der Waals surface area contributed by atoms with Gasteiger partial charge in [0.15, 0.2) is 15.3 Å². The number of hydrogen-bond acceptors (Lipinski definition) is 4. The first-order valence-corrected chi connectivity index (χ1v) is 5.61. The molecule has 1 unspecified atom stereocenters. The van der Waals surface area contributed by atoms with E-state index in [9.17, 15) is 13.2 Å². The molecular formula is C8H14O4S. The van der Waals surface area contributed by atoms with Gasteiger partial charge in [0, 0.05) is 5.57 Å². The van der Waals surface area contributed by atoms with Gasteiger partial charge >= 0.3 is 5.97 Å². The van der Waals surface area contributed by atoms with Gasteiger partial charge in [-0.15, -0.1) is 0 Å². The number of esters is 1. The maximum atomic E-state index is 11.2. The van der Waals surface area contributed by atoms with Gasteiger partial charge in [0.25, 0.3) is 0 Å². The van der Waals surface area contributed by atoms with Crippen LogP contribution in [0.25, 0.3) is 0 Å². The van der Waals surface area contributed by atoms with Crippen LogP contribution in [0.3, 0.4) is 0 Å². The topological polar surface area (TPSA) is 60.4 Å². The van der Waals surface area contributed by atoms with Gasteiger partial charge in [0.1, 0.15) is 0 Å². The van der Waals surface area contributed by atoms with Crippen molar-refractivity contribution >= 4 is 15.8 Å². The third kappa shape index (κ3) is 3.59. The highest BCUT2D eigenvalue weighted by Crippen LogP contribution is 2.06. The minimum atomic E-state index is -3.31. The van der Waals surface area contributed by atoms with Crippen LogP contribution >= 0.6 is 0 Å². The van der Waals surface area contributed by atoms with Crippen LogP contribution in [-0.2, 0) is 19.4 Å². The van der Waals surface area contributed by atoms with Crippen molar-refractivity contribution in [2.24, 2.45) is 0 Å². The summed E-state index contributed by atoms with van der Waals surface area (Å²) in [7, 11) is -3.31. The minimum Gasteiger partial charge on any atom is -0.443 e. The Morgan fingerprint density at radius 2 is 2.00 bits per heavy atom. The number of sulfone groups is 1. The van der Waals surface area contributed by atoms with E-state index in [2.05, 4.69) is 11.3 Å². The molecule has 76 valence electrons. The Labute approximate surface area is 78.5 Å². The normalized spacial score (nSPS) is 13.5. The average Bonchev–Trinajstić information content (AvgIpc) is 2.04. The summed E-state index contributed by atoms with van der Waals surface area (Å²) in [6.07, 6.45) is 0. The summed E-state index contributed by atoms with van der Waals surface area (Å²) in [5, 5.41) is 0. The highest BCUT2D eigenvalue weighted by atomic mass is 32.2. The van der Waals surface area contributed by atoms with Crippen molar-refractivity contribution in [2.45, 2.75) is 26.2 Å². The smallest absolute Gasteiger partial charge is 0.334 e. The molecule has 0 rings (SSSR count). The molecule has 0 bridgehead atoms. The number of hydrogen-bond donors (Lipinski definition) is 0. The first-order valence-electron chi connectivity index (χ1n) is 3.89. The molecule has 0 aromatic rings. The van der Waals surface area contributed by atoms with E-state index in [0.717, 1.165) is 0 Å². The minimum absolute atomic E-state index is 0.0440. The third-order valence-electron chi connectivity index (χ3n) is 1.53. The molecule has 5 heteroatoms. The fraction of sp³-hybridized carbons (Fsp3) is 0.625. The van der Waals surface area contributed by atoms with Gasteiger partial charge in [0.05, 0.1) is 5.75 Å². The van der Waals surface area contributed by atoms with Crippen LogP contribution in [0, 0.1) is 0 Å². The summed E-state index contributed by atoms with van der Waals surface area (Å²) in [5.74, 6) is -0.720. The summed E-state index contributed by atoms with van der Waals surface area (Å²) in [4.78, 5) is 10.9. The van der Waals surface area contributed by atoms with Crippen molar-refractivity contribution in [1.82, 2.24) is 0 Å². The van der Waals surface area contributed by atoms with Crippen molar-refractivity contribution in [2.75, 3.05) is 5.75 Å². The lowest BCUT2D eigenvalue weighted by atomic mass is 10.4. The molecular weight excluding hydrogens is 192 g/mol. The van der Waals surface area contributed by atoms with Gasteiger partial charge in [-0.3, -0.25) is 0 Å². The zero-order valence-corrected chi connectivity index (χ0v) is 8.85. The average molecular weight is 206 g/mol. The Kier molecular flexibility index (Phi) is 4.13. The van der Waals surface area contributed by atoms with Crippen molar-refractivity contribution in [3.05, 3.63) is 12.2 Å². The maximum absolute atomic E-state index is 11.2. The molecule has 0 N–H and O–H groups in total. The van der Waals surface area contributed by atoms with Crippen LogP contribution in [0.1, 0.15) is 20.8 Å². The van der Waals surface area contributed by atoms with E-state index < -0.39 is 21.2 Å². The molecule has 0 radical (unpaired) electrons. The van der Waals surface area contributed by atoms with Crippen LogP contribution < -0.4 is 0 Å². The molecule has 0 saturated carbocycles. The van der Waals surface area contributed by atoms with E-state index in [1.807, 2.05) is 0 Å². The second kappa shape index (κ2) is 4.41. The Bertz CT molecular complexity index is 302. The molecule has 0 heterocycles. The van der Waals surface area contributed by atoms with Crippen LogP contribution in [0.4, 0.5) is 0 Å². The first kappa shape index (κ1) is 12.2. The summed E-state index contributed by atoms with van der Waals surface area (Å²) < 4.78 is 26.9. The van der Waals surface area contributed by atoms with E-state index in [1.54, 1.807) is 0 Å². The molecule has 0 aliphatic carbocycles. The van der Waals surface area contributed by atoms with E-state index in [-0.39, 0.29) is 11.3 Å². The van der Waals surface area contributed by atoms with Gasteiger partial charge in [-0.1, -0.05) is 13.5 Å². The number of rotatable bonds is 4. The van der Waals surface area contributed by atoms with Crippen LogP contribution in [0.2, 0.25) is 0 Å². The van der Waals surface area contributed by atoms with E-state index in [0.29, 0.717) is 0 Å². The van der Waals surface area contributed by atoms with Crippen LogP contribution in [0.15, 0.2) is 12.2 Å². The first-order chi connectivity index (χ1) is 5.81. The molecule has 0 aromatic heterocycles. The Morgan fingerprint density at radius 1 is 1.54 bits per heavy atom. The lowest BCUT2D eigenvalue weighted by Crippen LogP contribution is -2.26. The highest BCUT2D eigenvalue weighted by molar-refractivity contribution is 7.91. The fourth-order valence-electron chi connectivity index (χ4n) is 0.559. The maximum Gasteiger partial charge on any atom is 0.334 e. The van der Waals surface area contributed by atoms with Crippen molar-refractivity contribution in [3.8, 4) is 0 Å². The molecule has 0 aliphatic rings. The van der Waals surface area contributed by atoms with Crippen LogP contribution in [0.5, 0.6) is 0 Å². The monoisotopic (exact) mass is 206 g/mol. The van der Waals surface area contributed by atoms with Crippen LogP contribution in [-0.4, -0.2) is 25.6 Å². The molecule has 4 nitrogen and oxygen atoms in total. The van der Waals surface area contributed by atoms with Gasteiger partial charge in [-0.25, -0.2) is 13.2 Å². The lowest BCUT2D eigenvalue weighted by molar-refractivity contribution is -0.140. The fourth-order valence-corrected chi connectivity index (χ4v) is 1.26. The number of carbonyl (C=O) groups excluding carboxylic acids is 1. The molecule has 0 aliphatic heterocycles. The standard InChI is InChI=1S/C8H14O4S/c1-5-13(10,11)7(4)12-8(9)6(2)3/h7H,2,5H2,1,3-4H3. The lowest BCUT2D eigenvalue weighted by Gasteiger charge is -2.12. The van der Waals surface area contributed by atoms with Gasteiger partial charge in [0.2, 0.25) is 0 Å². The van der Waals surface area contributed by atoms with E-state index in [1.165, 1.54) is 20.8 Å². The van der Waals surface area contributed by atoms with Crippen molar-refractivity contribution in [1.29, 1.82) is 0 Å². The molecule has 13 heavy (non-hydrogen) atoms. The number of carbonyl (C=O) groups is 1. The molecule has 0 aromatic carbocycles. The Hall–Kier alpha value is -0.840. The molecule has 0 saturated heterocycles. The van der Waals surface area contributed by atoms with Gasteiger partial charge < -0.3 is 4.74 Å². The Morgan fingerprint density at radius 3 is 2.31 bits per heavy atom. The summed E-state index contributed by atoms with van der Waals surface area (Å²) in [5.41, 5.74) is -0.903. The largest absolute Gasteiger partial charge is 0.443 e. The second-order valence-corrected chi connectivity index (χ2v) is 5.27. The predicted octanol–water partition coefficient (Wildman–Crippen LogP) is 0.886. The van der Waals surface area contributed by atoms with E-state index in [4.69, 9.17) is 0 Å². The predicted molar refractivity (Wildman–Crippen MR) is 49.8 cm³/mol. The molecule has 0 spiro atoms. The highest BCUT2D eigenvalue weighted by Gasteiger charge is 2.22. The third-order valence-corrected chi connectivity index (χ3v) is 3.44. The molecule has 1 atom stereocenters. The zero-order valence-electron chi connectivity index (χ0n) is 8.03. The summed E-state index contributed by atoms with van der Waals surface area (Å²) in [6, 6.07) is 0.